The van der Waals surface area contributed by atoms with Crippen LogP contribution in [0.15, 0.2) is 91.0 Å². The molecule has 0 aliphatic carbocycles. The van der Waals surface area contributed by atoms with Crippen LogP contribution in [0, 0.1) is 0 Å². The minimum Gasteiger partial charge on any atom is -1.00 e. The third-order valence-electron chi connectivity index (χ3n) is 6.50. The second-order valence-corrected chi connectivity index (χ2v) is 12.4. The number of hydrogen-bond acceptors (Lipinski definition) is 1. The van der Waals surface area contributed by atoms with Crippen LogP contribution in [0.1, 0.15) is 71.1 Å². The third kappa shape index (κ3) is 7.51. The Morgan fingerprint density at radius 2 is 0.879 bits per heavy atom. The minimum absolute atomic E-state index is 0. The van der Waals surface area contributed by atoms with Gasteiger partial charge < -0.3 is 22.1 Å². The highest BCUT2D eigenvalue weighted by Gasteiger charge is 2.51. The Morgan fingerprint density at radius 3 is 1.24 bits per heavy atom. The first-order valence-corrected chi connectivity index (χ1v) is 14.4. The SMILES string of the molecule is CCCCCCCCCCCC(O)[P+](c1ccccc1)(c1ccccc1)c1ccccc1.[Br-]. The third-order valence-corrected chi connectivity index (χ3v) is 11.0. The lowest BCUT2D eigenvalue weighted by atomic mass is 10.1. The minimum atomic E-state index is -2.16. The van der Waals surface area contributed by atoms with E-state index in [0.29, 0.717) is 0 Å². The molecule has 0 bridgehead atoms. The lowest BCUT2D eigenvalue weighted by Crippen LogP contribution is -3.00. The Bertz CT molecular complexity index is 773. The van der Waals surface area contributed by atoms with E-state index in [4.69, 9.17) is 0 Å². The lowest BCUT2D eigenvalue weighted by Gasteiger charge is -2.31. The zero-order chi connectivity index (χ0) is 22.5. The molecule has 0 radical (unpaired) electrons. The van der Waals surface area contributed by atoms with Crippen molar-refractivity contribution >= 4 is 23.2 Å². The molecule has 3 aromatic carbocycles. The summed E-state index contributed by atoms with van der Waals surface area (Å²) in [6.45, 7) is 2.27. The number of benzene rings is 3. The highest BCUT2D eigenvalue weighted by atomic mass is 79.9. The molecule has 0 heterocycles. The Balaban J connectivity index is 0.00000385. The second kappa shape index (κ2) is 15.4. The molecule has 3 heteroatoms. The van der Waals surface area contributed by atoms with Gasteiger partial charge >= 0.3 is 0 Å². The number of unbranched alkanes of at least 4 members (excludes halogenated alkanes) is 8. The van der Waals surface area contributed by atoms with Crippen molar-refractivity contribution in [1.82, 2.24) is 0 Å². The summed E-state index contributed by atoms with van der Waals surface area (Å²) in [6, 6.07) is 32.2. The van der Waals surface area contributed by atoms with Crippen LogP contribution in [0.5, 0.6) is 0 Å². The van der Waals surface area contributed by atoms with Crippen molar-refractivity contribution in [3.05, 3.63) is 91.0 Å². The molecule has 3 rings (SSSR count). The van der Waals surface area contributed by atoms with Crippen LogP contribution in [-0.4, -0.2) is 11.0 Å². The molecule has 0 fully saturated rings. The van der Waals surface area contributed by atoms with E-state index in [2.05, 4.69) is 97.9 Å². The van der Waals surface area contributed by atoms with E-state index < -0.39 is 7.26 Å². The Morgan fingerprint density at radius 1 is 0.545 bits per heavy atom. The molecular weight excluding hydrogens is 487 g/mol. The molecule has 0 saturated heterocycles. The highest BCUT2D eigenvalue weighted by molar-refractivity contribution is 7.96. The number of aliphatic hydroxyl groups excluding tert-OH is 1. The van der Waals surface area contributed by atoms with Gasteiger partial charge in [-0.05, 0) is 42.8 Å². The molecule has 0 amide bonds. The second-order valence-electron chi connectivity index (χ2n) is 8.83. The maximum absolute atomic E-state index is 11.9. The van der Waals surface area contributed by atoms with Crippen LogP contribution in [0.4, 0.5) is 0 Å². The zero-order valence-corrected chi connectivity index (χ0v) is 22.6. The van der Waals surface area contributed by atoms with Crippen molar-refractivity contribution in [3.63, 3.8) is 0 Å². The zero-order valence-electron chi connectivity index (χ0n) is 20.1. The largest absolute Gasteiger partial charge is 1.00 e. The normalized spacial score (nSPS) is 12.2. The van der Waals surface area contributed by atoms with Crippen LogP contribution in [-0.2, 0) is 0 Å². The number of halogens is 1. The number of aliphatic hydroxyl groups is 1. The maximum Gasteiger partial charge on any atom is 0.178 e. The Hall–Kier alpha value is -1.47. The molecule has 178 valence electrons. The monoisotopic (exact) mass is 526 g/mol. The van der Waals surface area contributed by atoms with Crippen molar-refractivity contribution in [2.24, 2.45) is 0 Å². The van der Waals surface area contributed by atoms with Crippen LogP contribution >= 0.6 is 7.26 Å². The number of rotatable bonds is 14. The van der Waals surface area contributed by atoms with Crippen molar-refractivity contribution in [3.8, 4) is 0 Å². The van der Waals surface area contributed by atoms with Crippen LogP contribution in [0.2, 0.25) is 0 Å². The van der Waals surface area contributed by atoms with Gasteiger partial charge in [0.25, 0.3) is 0 Å². The predicted molar refractivity (Wildman–Crippen MR) is 143 cm³/mol. The van der Waals surface area contributed by atoms with Crippen molar-refractivity contribution in [2.45, 2.75) is 77.0 Å². The fourth-order valence-electron chi connectivity index (χ4n) is 4.78. The van der Waals surface area contributed by atoms with Gasteiger partial charge in [0.15, 0.2) is 5.85 Å². The van der Waals surface area contributed by atoms with E-state index in [1.54, 1.807) is 0 Å². The van der Waals surface area contributed by atoms with Gasteiger partial charge in [0.1, 0.15) is 23.2 Å². The first-order chi connectivity index (χ1) is 15.8. The molecule has 33 heavy (non-hydrogen) atoms. The van der Waals surface area contributed by atoms with E-state index >= 15 is 0 Å². The summed E-state index contributed by atoms with van der Waals surface area (Å²) in [5.74, 6) is -0.376. The molecule has 0 saturated carbocycles. The summed E-state index contributed by atoms with van der Waals surface area (Å²) in [5.41, 5.74) is 0. The first-order valence-electron chi connectivity index (χ1n) is 12.5. The lowest BCUT2D eigenvalue weighted by molar-refractivity contribution is -0.00000780. The molecule has 1 nitrogen and oxygen atoms in total. The number of hydrogen-bond donors (Lipinski definition) is 1. The van der Waals surface area contributed by atoms with Crippen molar-refractivity contribution < 1.29 is 22.1 Å². The van der Waals surface area contributed by atoms with Crippen LogP contribution < -0.4 is 32.9 Å². The van der Waals surface area contributed by atoms with Crippen molar-refractivity contribution in [1.29, 1.82) is 0 Å². The summed E-state index contributed by atoms with van der Waals surface area (Å²) >= 11 is 0. The van der Waals surface area contributed by atoms with Gasteiger partial charge in [-0.15, -0.1) is 0 Å². The van der Waals surface area contributed by atoms with Gasteiger partial charge in [-0.1, -0.05) is 113 Å². The molecule has 1 atom stereocenters. The molecular formula is C30H40BrOP. The standard InChI is InChI=1S/C30H40OP.BrH/c1-2-3-4-5-6-7-8-9-19-26-30(31)32(27-20-13-10-14-21-27,28-22-15-11-16-23-28)29-24-17-12-18-25-29;/h10-18,20-25,30-31H,2-9,19,26H2,1H3;1H/q+1;/p-1. The van der Waals surface area contributed by atoms with E-state index in [0.717, 1.165) is 12.8 Å². The van der Waals surface area contributed by atoms with Gasteiger partial charge in [-0.3, -0.25) is 0 Å². The van der Waals surface area contributed by atoms with Gasteiger partial charge in [-0.2, -0.15) is 0 Å². The molecule has 0 aliphatic rings. The molecule has 3 aromatic rings. The highest BCUT2D eigenvalue weighted by Crippen LogP contribution is 2.60. The Labute approximate surface area is 212 Å². The summed E-state index contributed by atoms with van der Waals surface area (Å²) in [6.07, 6.45) is 12.6. The molecule has 0 spiro atoms. The summed E-state index contributed by atoms with van der Waals surface area (Å²) in [7, 11) is -2.16. The molecule has 1 unspecified atom stereocenters. The van der Waals surface area contributed by atoms with Gasteiger partial charge in [0, 0.05) is 6.42 Å². The van der Waals surface area contributed by atoms with Gasteiger partial charge in [0.2, 0.25) is 0 Å². The summed E-state index contributed by atoms with van der Waals surface area (Å²) in [4.78, 5) is 0. The molecule has 0 aromatic heterocycles. The average Bonchev–Trinajstić information content (AvgIpc) is 2.85. The smallest absolute Gasteiger partial charge is 0.178 e. The van der Waals surface area contributed by atoms with Crippen molar-refractivity contribution in [2.75, 3.05) is 0 Å². The quantitative estimate of drug-likeness (QED) is 0.246. The summed E-state index contributed by atoms with van der Waals surface area (Å²) in [5, 5.41) is 15.7. The molecule has 0 aliphatic heterocycles. The van der Waals surface area contributed by atoms with E-state index in [-0.39, 0.29) is 22.8 Å². The van der Waals surface area contributed by atoms with Gasteiger partial charge in [-0.25, -0.2) is 0 Å². The van der Waals surface area contributed by atoms with E-state index in [1.807, 2.05) is 0 Å². The van der Waals surface area contributed by atoms with Gasteiger partial charge in [0.05, 0.1) is 0 Å². The maximum atomic E-state index is 11.9. The summed E-state index contributed by atoms with van der Waals surface area (Å²) < 4.78 is 0. The average molecular weight is 528 g/mol. The first kappa shape index (κ1) is 27.8. The predicted octanol–water partition coefficient (Wildman–Crippen LogP) is 4.22. The fraction of sp³-hybridized carbons (Fsp3) is 0.400. The van der Waals surface area contributed by atoms with Crippen LogP contribution in [0.25, 0.3) is 0 Å². The fourth-order valence-corrected chi connectivity index (χ4v) is 9.21. The molecule has 1 N–H and O–H groups in total. The van der Waals surface area contributed by atoms with E-state index in [1.165, 1.54) is 67.3 Å². The Kier molecular flexibility index (Phi) is 13.0. The topological polar surface area (TPSA) is 20.2 Å². The van der Waals surface area contributed by atoms with E-state index in [9.17, 15) is 5.11 Å². The van der Waals surface area contributed by atoms with Crippen LogP contribution in [0.3, 0.4) is 0 Å².